The normalized spacial score (nSPS) is 26.2. The van der Waals surface area contributed by atoms with Gasteiger partial charge in [0.15, 0.2) is 0 Å². The van der Waals surface area contributed by atoms with Crippen LogP contribution in [0.15, 0.2) is 29.2 Å². The van der Waals surface area contributed by atoms with Crippen molar-refractivity contribution in [1.29, 1.82) is 0 Å². The number of hydrogen-bond donors (Lipinski definition) is 0. The van der Waals surface area contributed by atoms with Crippen LogP contribution in [0.4, 0.5) is 0 Å². The van der Waals surface area contributed by atoms with Gasteiger partial charge < -0.3 is 4.90 Å². The molecule has 1 aromatic rings. The summed E-state index contributed by atoms with van der Waals surface area (Å²) in [5.41, 5.74) is 1.08. The van der Waals surface area contributed by atoms with Gasteiger partial charge >= 0.3 is 0 Å². The van der Waals surface area contributed by atoms with Gasteiger partial charge in [-0.1, -0.05) is 17.7 Å². The molecule has 0 spiro atoms. The molecule has 2 fully saturated rings. The van der Waals surface area contributed by atoms with E-state index in [0.717, 1.165) is 31.6 Å². The van der Waals surface area contributed by atoms with Crippen molar-refractivity contribution in [3.63, 3.8) is 0 Å². The Morgan fingerprint density at radius 1 is 1.14 bits per heavy atom. The molecule has 0 aliphatic carbocycles. The molecule has 22 heavy (non-hydrogen) atoms. The molecule has 1 aromatic carbocycles. The molecule has 0 saturated carbocycles. The highest BCUT2D eigenvalue weighted by molar-refractivity contribution is 7.89. The summed E-state index contributed by atoms with van der Waals surface area (Å²) >= 11 is 0. The number of likely N-dealkylation sites (N-methyl/N-ethyl adjacent to an activating group) is 1. The minimum atomic E-state index is -3.34. The quantitative estimate of drug-likeness (QED) is 0.811. The van der Waals surface area contributed by atoms with Crippen molar-refractivity contribution in [2.45, 2.75) is 30.3 Å². The molecule has 3 rings (SSSR count). The van der Waals surface area contributed by atoms with Crippen LogP contribution in [0.25, 0.3) is 0 Å². The molecular weight excluding hydrogens is 298 g/mol. The lowest BCUT2D eigenvalue weighted by molar-refractivity contribution is 0.168. The van der Waals surface area contributed by atoms with Crippen molar-refractivity contribution in [1.82, 2.24) is 14.1 Å². The molecule has 0 aromatic heterocycles. The fourth-order valence-electron chi connectivity index (χ4n) is 3.46. The maximum absolute atomic E-state index is 12.8. The maximum Gasteiger partial charge on any atom is 0.243 e. The topological polar surface area (TPSA) is 43.9 Å². The number of benzene rings is 1. The van der Waals surface area contributed by atoms with Gasteiger partial charge in [-0.05, 0) is 39.6 Å². The van der Waals surface area contributed by atoms with E-state index in [9.17, 15) is 8.42 Å². The number of aryl methyl sites for hydroxylation is 1. The third-order valence-corrected chi connectivity index (χ3v) is 6.70. The fraction of sp³-hybridized carbons (Fsp3) is 0.625. The van der Waals surface area contributed by atoms with Gasteiger partial charge in [0.1, 0.15) is 0 Å². The Morgan fingerprint density at radius 3 is 2.36 bits per heavy atom. The highest BCUT2D eigenvalue weighted by atomic mass is 32.2. The number of nitrogens with zero attached hydrogens (tertiary/aromatic N) is 3. The molecule has 2 saturated heterocycles. The van der Waals surface area contributed by atoms with E-state index in [2.05, 4.69) is 23.9 Å². The maximum atomic E-state index is 12.8. The zero-order valence-electron chi connectivity index (χ0n) is 13.6. The summed E-state index contributed by atoms with van der Waals surface area (Å²) < 4.78 is 27.3. The molecule has 0 amide bonds. The molecule has 2 aliphatic heterocycles. The van der Waals surface area contributed by atoms with E-state index in [1.165, 1.54) is 0 Å². The number of rotatable bonds is 5. The Bertz CT molecular complexity index is 627. The molecule has 2 heterocycles. The standard InChI is InChI=1S/C16H25N3O2S/c1-13-4-6-16(7-5-13)22(20,21)19-12-14-10-15(19)11-18(14)9-8-17(2)3/h4-7,14-15H,8-12H2,1-3H3/t14-,15-/m0/s1. The Kier molecular flexibility index (Phi) is 4.29. The van der Waals surface area contributed by atoms with Gasteiger partial charge in [0, 0.05) is 38.3 Å². The fourth-order valence-corrected chi connectivity index (χ4v) is 5.12. The summed E-state index contributed by atoms with van der Waals surface area (Å²) in [6.45, 7) is 5.51. The third kappa shape index (κ3) is 2.93. The Hall–Kier alpha value is -0.950. The predicted molar refractivity (Wildman–Crippen MR) is 87.4 cm³/mol. The van der Waals surface area contributed by atoms with E-state index in [1.807, 2.05) is 19.1 Å². The van der Waals surface area contributed by atoms with Crippen LogP contribution in [-0.4, -0.2) is 74.9 Å². The average Bonchev–Trinajstić information content (AvgIpc) is 3.05. The molecule has 5 nitrogen and oxygen atoms in total. The van der Waals surface area contributed by atoms with Crippen molar-refractivity contribution < 1.29 is 8.42 Å². The molecule has 2 bridgehead atoms. The zero-order valence-corrected chi connectivity index (χ0v) is 14.4. The van der Waals surface area contributed by atoms with Crippen LogP contribution in [0, 0.1) is 6.92 Å². The smallest absolute Gasteiger partial charge is 0.243 e. The van der Waals surface area contributed by atoms with Crippen molar-refractivity contribution in [3.8, 4) is 0 Å². The first-order chi connectivity index (χ1) is 10.4. The van der Waals surface area contributed by atoms with Crippen molar-refractivity contribution >= 4 is 10.0 Å². The highest BCUT2D eigenvalue weighted by Gasteiger charge is 2.47. The van der Waals surface area contributed by atoms with E-state index in [-0.39, 0.29) is 6.04 Å². The van der Waals surface area contributed by atoms with Gasteiger partial charge in [-0.15, -0.1) is 0 Å². The lowest BCUT2D eigenvalue weighted by atomic mass is 10.2. The molecule has 122 valence electrons. The van der Waals surface area contributed by atoms with Crippen LogP contribution < -0.4 is 0 Å². The van der Waals surface area contributed by atoms with Gasteiger partial charge in [0.05, 0.1) is 4.90 Å². The van der Waals surface area contributed by atoms with Gasteiger partial charge in [-0.3, -0.25) is 4.90 Å². The van der Waals surface area contributed by atoms with Crippen LogP contribution in [0.3, 0.4) is 0 Å². The minimum absolute atomic E-state index is 0.137. The number of sulfonamides is 1. The molecule has 0 N–H and O–H groups in total. The van der Waals surface area contributed by atoms with Gasteiger partial charge in [0.2, 0.25) is 10.0 Å². The zero-order chi connectivity index (χ0) is 15.9. The van der Waals surface area contributed by atoms with E-state index < -0.39 is 10.0 Å². The van der Waals surface area contributed by atoms with Gasteiger partial charge in [0.25, 0.3) is 0 Å². The number of fused-ring (bicyclic) bond motifs is 2. The molecule has 0 unspecified atom stereocenters. The lowest BCUT2D eigenvalue weighted by Gasteiger charge is -2.34. The predicted octanol–water partition coefficient (Wildman–Crippen LogP) is 1.00. The van der Waals surface area contributed by atoms with Crippen LogP contribution >= 0.6 is 0 Å². The molecule has 2 atom stereocenters. The van der Waals surface area contributed by atoms with Crippen molar-refractivity contribution in [2.24, 2.45) is 0 Å². The third-order valence-electron chi connectivity index (χ3n) is 4.77. The minimum Gasteiger partial charge on any atom is -0.308 e. The lowest BCUT2D eigenvalue weighted by Crippen LogP contribution is -2.49. The van der Waals surface area contributed by atoms with Crippen LogP contribution in [0.2, 0.25) is 0 Å². The first-order valence-corrected chi connectivity index (χ1v) is 9.29. The number of hydrogen-bond acceptors (Lipinski definition) is 4. The Morgan fingerprint density at radius 2 is 1.82 bits per heavy atom. The summed E-state index contributed by atoms with van der Waals surface area (Å²) in [6, 6.07) is 7.69. The van der Waals surface area contributed by atoms with E-state index in [1.54, 1.807) is 16.4 Å². The van der Waals surface area contributed by atoms with Crippen LogP contribution in [-0.2, 0) is 10.0 Å². The molecule has 6 heteroatoms. The Balaban J connectivity index is 1.70. The van der Waals surface area contributed by atoms with E-state index in [4.69, 9.17) is 0 Å². The first kappa shape index (κ1) is 15.9. The second kappa shape index (κ2) is 5.92. The highest BCUT2D eigenvalue weighted by Crippen LogP contribution is 2.34. The largest absolute Gasteiger partial charge is 0.308 e. The van der Waals surface area contributed by atoms with Gasteiger partial charge in [-0.2, -0.15) is 4.31 Å². The summed E-state index contributed by atoms with van der Waals surface area (Å²) in [5.74, 6) is 0. The number of likely N-dealkylation sites (tertiary alicyclic amines) is 1. The summed E-state index contributed by atoms with van der Waals surface area (Å²) in [7, 11) is 0.799. The summed E-state index contributed by atoms with van der Waals surface area (Å²) in [4.78, 5) is 5.03. The summed E-state index contributed by atoms with van der Waals surface area (Å²) in [5, 5.41) is 0. The Labute approximate surface area is 133 Å². The van der Waals surface area contributed by atoms with Crippen LogP contribution in [0.1, 0.15) is 12.0 Å². The van der Waals surface area contributed by atoms with Crippen molar-refractivity contribution in [3.05, 3.63) is 29.8 Å². The SMILES string of the molecule is Cc1ccc(S(=O)(=O)N2C[C@@H]3C[C@H]2CN3CCN(C)C)cc1. The van der Waals surface area contributed by atoms with Gasteiger partial charge in [-0.25, -0.2) is 8.42 Å². The molecule has 2 aliphatic rings. The first-order valence-electron chi connectivity index (χ1n) is 7.85. The average molecular weight is 323 g/mol. The van der Waals surface area contributed by atoms with Crippen LogP contribution in [0.5, 0.6) is 0 Å². The van der Waals surface area contributed by atoms with E-state index in [0.29, 0.717) is 17.5 Å². The monoisotopic (exact) mass is 323 g/mol. The molecule has 0 radical (unpaired) electrons. The van der Waals surface area contributed by atoms with E-state index >= 15 is 0 Å². The second-order valence-electron chi connectivity index (χ2n) is 6.73. The summed E-state index contributed by atoms with van der Waals surface area (Å²) in [6.07, 6.45) is 0.971. The number of piperazine rings is 1. The second-order valence-corrected chi connectivity index (χ2v) is 8.62. The van der Waals surface area contributed by atoms with Crippen molar-refractivity contribution in [2.75, 3.05) is 40.3 Å². The molecular formula is C16H25N3O2S.